The second kappa shape index (κ2) is 4.92. The number of anilines is 2. The molecule has 0 aliphatic carbocycles. The Hall–Kier alpha value is -1.29. The van der Waals surface area contributed by atoms with Gasteiger partial charge in [0.25, 0.3) is 0 Å². The third-order valence-corrected chi connectivity index (χ3v) is 3.78. The van der Waals surface area contributed by atoms with Crippen LogP contribution in [0.5, 0.6) is 0 Å². The Morgan fingerprint density at radius 2 is 2.00 bits per heavy atom. The van der Waals surface area contributed by atoms with Crippen LogP contribution in [0.25, 0.3) is 0 Å². The van der Waals surface area contributed by atoms with Crippen LogP contribution < -0.4 is 11.5 Å². The highest BCUT2D eigenvalue weighted by Crippen LogP contribution is 2.19. The number of quaternary nitrogens is 1. The quantitative estimate of drug-likeness (QED) is 0.776. The van der Waals surface area contributed by atoms with Gasteiger partial charge in [-0.3, -0.25) is 4.98 Å². The number of likely N-dealkylation sites (tertiary alicyclic amines) is 1. The maximum Gasteiger partial charge on any atom is 0.0788 e. The second-order valence-electron chi connectivity index (χ2n) is 5.41. The molecular formula is C13H23N4+. The van der Waals surface area contributed by atoms with E-state index in [0.29, 0.717) is 5.69 Å². The number of hydrogen-bond donors (Lipinski definition) is 2. The Morgan fingerprint density at radius 1 is 1.29 bits per heavy atom. The van der Waals surface area contributed by atoms with E-state index in [0.717, 1.165) is 24.2 Å². The molecule has 94 valence electrons. The van der Waals surface area contributed by atoms with Gasteiger partial charge in [0.15, 0.2) is 0 Å². The van der Waals surface area contributed by atoms with Crippen LogP contribution in [0.2, 0.25) is 0 Å². The van der Waals surface area contributed by atoms with Gasteiger partial charge in [-0.1, -0.05) is 0 Å². The van der Waals surface area contributed by atoms with E-state index in [9.17, 15) is 0 Å². The highest BCUT2D eigenvalue weighted by atomic mass is 15.3. The van der Waals surface area contributed by atoms with Crippen molar-refractivity contribution in [3.8, 4) is 0 Å². The minimum atomic E-state index is 0.643. The molecule has 1 saturated heterocycles. The van der Waals surface area contributed by atoms with Gasteiger partial charge in [-0.2, -0.15) is 0 Å². The van der Waals surface area contributed by atoms with E-state index in [1.165, 1.54) is 37.0 Å². The lowest BCUT2D eigenvalue weighted by Crippen LogP contribution is -2.41. The van der Waals surface area contributed by atoms with Gasteiger partial charge in [-0.25, -0.2) is 0 Å². The first-order chi connectivity index (χ1) is 8.09. The topological polar surface area (TPSA) is 64.9 Å². The molecule has 1 aliphatic heterocycles. The van der Waals surface area contributed by atoms with Crippen LogP contribution in [0, 0.1) is 0 Å². The molecule has 0 radical (unpaired) electrons. The van der Waals surface area contributed by atoms with E-state index < -0.39 is 0 Å². The summed E-state index contributed by atoms with van der Waals surface area (Å²) in [6.45, 7) is 3.88. The predicted octanol–water partition coefficient (Wildman–Crippen LogP) is 1.42. The lowest BCUT2D eigenvalue weighted by molar-refractivity contribution is -0.897. The number of pyridine rings is 1. The molecule has 4 N–H and O–H groups in total. The predicted molar refractivity (Wildman–Crippen MR) is 71.4 cm³/mol. The molecule has 1 aromatic rings. The first-order valence-electron chi connectivity index (χ1n) is 6.42. The smallest absolute Gasteiger partial charge is 0.0788 e. The second-order valence-corrected chi connectivity index (χ2v) is 5.41. The van der Waals surface area contributed by atoms with Gasteiger partial charge < -0.3 is 16.0 Å². The molecule has 0 amide bonds. The van der Waals surface area contributed by atoms with Gasteiger partial charge in [0, 0.05) is 19.3 Å². The van der Waals surface area contributed by atoms with Gasteiger partial charge >= 0.3 is 0 Å². The van der Waals surface area contributed by atoms with Crippen molar-refractivity contribution >= 4 is 11.4 Å². The van der Waals surface area contributed by atoms with Crippen LogP contribution >= 0.6 is 0 Å². The molecule has 17 heavy (non-hydrogen) atoms. The number of aromatic nitrogens is 1. The van der Waals surface area contributed by atoms with E-state index in [-0.39, 0.29) is 0 Å². The van der Waals surface area contributed by atoms with Crippen molar-refractivity contribution in [2.24, 2.45) is 0 Å². The zero-order valence-electron chi connectivity index (χ0n) is 10.7. The Labute approximate surface area is 103 Å². The molecule has 1 aromatic heterocycles. The Bertz CT molecular complexity index is 383. The number of nitrogens with zero attached hydrogens (tertiary/aromatic N) is 2. The van der Waals surface area contributed by atoms with Crippen molar-refractivity contribution < 1.29 is 4.48 Å². The number of nitrogen functional groups attached to an aromatic ring is 2. The SMILES string of the molecule is C[N+]1(CCCc2ncc(N)cc2N)CCCC1. The van der Waals surface area contributed by atoms with Gasteiger partial charge in [0.2, 0.25) is 0 Å². The average Bonchev–Trinajstić information content (AvgIpc) is 2.69. The minimum absolute atomic E-state index is 0.643. The monoisotopic (exact) mass is 235 g/mol. The molecular weight excluding hydrogens is 212 g/mol. The Kier molecular flexibility index (Phi) is 3.52. The average molecular weight is 235 g/mol. The molecule has 0 atom stereocenters. The summed E-state index contributed by atoms with van der Waals surface area (Å²) in [6, 6.07) is 1.80. The van der Waals surface area contributed by atoms with Crippen molar-refractivity contribution in [3.05, 3.63) is 18.0 Å². The minimum Gasteiger partial charge on any atom is -0.397 e. The van der Waals surface area contributed by atoms with Crippen molar-refractivity contribution in [3.63, 3.8) is 0 Å². The molecule has 1 aliphatic rings. The van der Waals surface area contributed by atoms with Crippen LogP contribution in [0.4, 0.5) is 11.4 Å². The van der Waals surface area contributed by atoms with Crippen molar-refractivity contribution in [2.45, 2.75) is 25.7 Å². The zero-order chi connectivity index (χ0) is 12.3. The standard InChI is InChI=1S/C13H23N4/c1-17(6-2-3-7-17)8-4-5-13-12(15)9-11(14)10-16-13/h9-10H,2-8,14-15H2,1H3/q+1. The van der Waals surface area contributed by atoms with Gasteiger partial charge in [-0.05, 0) is 12.5 Å². The van der Waals surface area contributed by atoms with Crippen molar-refractivity contribution in [2.75, 3.05) is 38.1 Å². The van der Waals surface area contributed by atoms with Crippen molar-refractivity contribution in [1.29, 1.82) is 0 Å². The molecule has 1 fully saturated rings. The molecule has 2 rings (SSSR count). The Balaban J connectivity index is 1.85. The fourth-order valence-corrected chi connectivity index (χ4v) is 2.69. The number of hydrogen-bond acceptors (Lipinski definition) is 3. The van der Waals surface area contributed by atoms with Gasteiger partial charge in [-0.15, -0.1) is 0 Å². The largest absolute Gasteiger partial charge is 0.397 e. The molecule has 0 spiro atoms. The highest BCUT2D eigenvalue weighted by molar-refractivity contribution is 5.52. The summed E-state index contributed by atoms with van der Waals surface area (Å²) in [5, 5.41) is 0. The molecule has 0 unspecified atom stereocenters. The summed E-state index contributed by atoms with van der Waals surface area (Å²) in [4.78, 5) is 4.31. The fourth-order valence-electron chi connectivity index (χ4n) is 2.69. The van der Waals surface area contributed by atoms with Crippen LogP contribution in [-0.4, -0.2) is 36.1 Å². The van der Waals surface area contributed by atoms with Crippen LogP contribution in [0.1, 0.15) is 25.0 Å². The summed E-state index contributed by atoms with van der Waals surface area (Å²) in [5.41, 5.74) is 13.9. The fraction of sp³-hybridized carbons (Fsp3) is 0.615. The zero-order valence-corrected chi connectivity index (χ0v) is 10.7. The number of rotatable bonds is 4. The van der Waals surface area contributed by atoms with Crippen LogP contribution in [0.3, 0.4) is 0 Å². The summed E-state index contributed by atoms with van der Waals surface area (Å²) in [7, 11) is 2.35. The van der Waals surface area contributed by atoms with E-state index in [1.54, 1.807) is 12.3 Å². The van der Waals surface area contributed by atoms with Gasteiger partial charge in [0.05, 0.1) is 49.9 Å². The van der Waals surface area contributed by atoms with E-state index in [2.05, 4.69) is 12.0 Å². The summed E-state index contributed by atoms with van der Waals surface area (Å²) in [5.74, 6) is 0. The summed E-state index contributed by atoms with van der Waals surface area (Å²) < 4.78 is 1.22. The first-order valence-corrected chi connectivity index (χ1v) is 6.42. The molecule has 0 saturated carbocycles. The molecule has 0 bridgehead atoms. The third kappa shape index (κ3) is 3.09. The van der Waals surface area contributed by atoms with Gasteiger partial charge in [0.1, 0.15) is 0 Å². The van der Waals surface area contributed by atoms with E-state index in [1.807, 2.05) is 0 Å². The molecule has 4 heteroatoms. The normalized spacial score (nSPS) is 18.4. The number of nitrogens with two attached hydrogens (primary N) is 2. The van der Waals surface area contributed by atoms with Crippen molar-refractivity contribution in [1.82, 2.24) is 4.98 Å². The molecule has 4 nitrogen and oxygen atoms in total. The van der Waals surface area contributed by atoms with E-state index >= 15 is 0 Å². The maximum absolute atomic E-state index is 5.90. The third-order valence-electron chi connectivity index (χ3n) is 3.78. The molecule has 2 heterocycles. The van der Waals surface area contributed by atoms with E-state index in [4.69, 9.17) is 11.5 Å². The summed E-state index contributed by atoms with van der Waals surface area (Å²) in [6.07, 6.45) is 6.55. The van der Waals surface area contributed by atoms with Crippen LogP contribution in [0.15, 0.2) is 12.3 Å². The van der Waals surface area contributed by atoms with Crippen LogP contribution in [-0.2, 0) is 6.42 Å². The summed E-state index contributed by atoms with van der Waals surface area (Å²) >= 11 is 0. The lowest BCUT2D eigenvalue weighted by Gasteiger charge is -2.29. The lowest BCUT2D eigenvalue weighted by atomic mass is 10.1. The molecule has 0 aromatic carbocycles. The number of aryl methyl sites for hydroxylation is 1. The highest BCUT2D eigenvalue weighted by Gasteiger charge is 2.25. The first kappa shape index (κ1) is 12.2. The Morgan fingerprint density at radius 3 is 2.65 bits per heavy atom. The maximum atomic E-state index is 5.90.